The first-order chi connectivity index (χ1) is 13.9. The number of nitrogens with zero attached hydrogens (tertiary/aromatic N) is 2. The van der Waals surface area contributed by atoms with Gasteiger partial charge in [0.05, 0.1) is 28.8 Å². The summed E-state index contributed by atoms with van der Waals surface area (Å²) in [5, 5.41) is 4.33. The van der Waals surface area contributed by atoms with Gasteiger partial charge in [0, 0.05) is 12.2 Å². The van der Waals surface area contributed by atoms with Crippen LogP contribution in [0.4, 0.5) is 5.69 Å². The summed E-state index contributed by atoms with van der Waals surface area (Å²) < 4.78 is 6.76. The zero-order valence-corrected chi connectivity index (χ0v) is 18.0. The van der Waals surface area contributed by atoms with Crippen molar-refractivity contribution < 1.29 is 9.53 Å². The lowest BCUT2D eigenvalue weighted by Gasteiger charge is -2.15. The Kier molecular flexibility index (Phi) is 6.82. The Bertz CT molecular complexity index is 1100. The summed E-state index contributed by atoms with van der Waals surface area (Å²) in [6, 6.07) is 12.3. The number of rotatable bonds is 7. The van der Waals surface area contributed by atoms with E-state index in [1.165, 1.54) is 18.9 Å². The van der Waals surface area contributed by atoms with Gasteiger partial charge in [0.2, 0.25) is 5.91 Å². The van der Waals surface area contributed by atoms with Crippen LogP contribution in [0.3, 0.4) is 0 Å². The molecular formula is C21H22ClN3O3S. The SMILES string of the molecule is COc1ccc(NC(=O)CSc2nc3ccccc3c(=O)n2CC(C)C)cc1Cl. The Balaban J connectivity index is 1.79. The highest BCUT2D eigenvalue weighted by Crippen LogP contribution is 2.27. The Labute approximate surface area is 178 Å². The molecule has 0 aliphatic carbocycles. The second kappa shape index (κ2) is 9.33. The number of para-hydroxylation sites is 1. The standard InChI is InChI=1S/C21H22ClN3O3S/c1-13(2)11-25-20(27)15-6-4-5-7-17(15)24-21(25)29-12-19(26)23-14-8-9-18(28-3)16(22)10-14/h4-10,13H,11-12H2,1-3H3,(H,23,26). The third-order valence-corrected chi connectivity index (χ3v) is 5.41. The lowest BCUT2D eigenvalue weighted by Crippen LogP contribution is -2.26. The van der Waals surface area contributed by atoms with Gasteiger partial charge in [-0.3, -0.25) is 14.2 Å². The molecule has 3 rings (SSSR count). The number of thioether (sulfide) groups is 1. The van der Waals surface area contributed by atoms with E-state index < -0.39 is 0 Å². The number of methoxy groups -OCH3 is 1. The van der Waals surface area contributed by atoms with E-state index in [0.717, 1.165) is 0 Å². The lowest BCUT2D eigenvalue weighted by molar-refractivity contribution is -0.113. The molecule has 0 saturated heterocycles. The summed E-state index contributed by atoms with van der Waals surface area (Å²) in [6.45, 7) is 4.61. The molecular weight excluding hydrogens is 410 g/mol. The van der Waals surface area contributed by atoms with Crippen LogP contribution in [0, 0.1) is 5.92 Å². The van der Waals surface area contributed by atoms with Gasteiger partial charge >= 0.3 is 0 Å². The number of halogens is 1. The summed E-state index contributed by atoms with van der Waals surface area (Å²) in [6.07, 6.45) is 0. The minimum atomic E-state index is -0.213. The van der Waals surface area contributed by atoms with Gasteiger partial charge in [0.15, 0.2) is 5.16 Å². The molecule has 0 radical (unpaired) electrons. The average molecular weight is 432 g/mol. The van der Waals surface area contributed by atoms with Crippen molar-refractivity contribution in [2.75, 3.05) is 18.2 Å². The van der Waals surface area contributed by atoms with E-state index >= 15 is 0 Å². The molecule has 0 atom stereocenters. The van der Waals surface area contributed by atoms with Gasteiger partial charge in [-0.2, -0.15) is 0 Å². The number of anilines is 1. The Hall–Kier alpha value is -2.51. The highest BCUT2D eigenvalue weighted by Gasteiger charge is 2.14. The first-order valence-corrected chi connectivity index (χ1v) is 10.5. The molecule has 6 nitrogen and oxygen atoms in total. The summed E-state index contributed by atoms with van der Waals surface area (Å²) in [5.41, 5.74) is 1.11. The van der Waals surface area contributed by atoms with Crippen LogP contribution in [0.5, 0.6) is 5.75 Å². The number of hydrogen-bond acceptors (Lipinski definition) is 5. The van der Waals surface area contributed by atoms with Gasteiger partial charge in [0.1, 0.15) is 5.75 Å². The molecule has 0 saturated carbocycles. The van der Waals surface area contributed by atoms with Gasteiger partial charge < -0.3 is 10.1 Å². The number of carbonyl (C=O) groups excluding carboxylic acids is 1. The minimum absolute atomic E-state index is 0.0888. The number of ether oxygens (including phenoxy) is 1. The van der Waals surface area contributed by atoms with Gasteiger partial charge in [-0.05, 0) is 36.2 Å². The summed E-state index contributed by atoms with van der Waals surface area (Å²) in [4.78, 5) is 29.9. The Morgan fingerprint density at radius 3 is 2.72 bits per heavy atom. The maximum Gasteiger partial charge on any atom is 0.262 e. The van der Waals surface area contributed by atoms with Gasteiger partial charge in [-0.25, -0.2) is 4.98 Å². The Morgan fingerprint density at radius 2 is 2.03 bits per heavy atom. The highest BCUT2D eigenvalue weighted by atomic mass is 35.5. The summed E-state index contributed by atoms with van der Waals surface area (Å²) in [5.74, 6) is 0.712. The lowest BCUT2D eigenvalue weighted by atomic mass is 10.2. The molecule has 29 heavy (non-hydrogen) atoms. The zero-order chi connectivity index (χ0) is 21.0. The molecule has 0 aliphatic heterocycles. The van der Waals surface area contributed by atoms with E-state index in [1.54, 1.807) is 34.9 Å². The van der Waals surface area contributed by atoms with E-state index in [9.17, 15) is 9.59 Å². The Morgan fingerprint density at radius 1 is 1.28 bits per heavy atom. The number of hydrogen-bond donors (Lipinski definition) is 1. The van der Waals surface area contributed by atoms with Crippen molar-refractivity contribution in [1.82, 2.24) is 9.55 Å². The van der Waals surface area contributed by atoms with E-state index in [2.05, 4.69) is 10.3 Å². The minimum Gasteiger partial charge on any atom is -0.495 e. The van der Waals surface area contributed by atoms with Crippen LogP contribution in [0.15, 0.2) is 52.4 Å². The largest absolute Gasteiger partial charge is 0.495 e. The highest BCUT2D eigenvalue weighted by molar-refractivity contribution is 7.99. The quantitative estimate of drug-likeness (QED) is 0.442. The first kappa shape index (κ1) is 21.2. The number of nitrogens with one attached hydrogen (secondary N) is 1. The van der Waals surface area contributed by atoms with Crippen molar-refractivity contribution >= 4 is 45.9 Å². The zero-order valence-electron chi connectivity index (χ0n) is 16.4. The second-order valence-corrected chi connectivity index (χ2v) is 8.26. The van der Waals surface area contributed by atoms with Crippen LogP contribution in [0.25, 0.3) is 10.9 Å². The molecule has 0 unspecified atom stereocenters. The van der Waals surface area contributed by atoms with Crippen LogP contribution in [0.2, 0.25) is 5.02 Å². The normalized spacial score (nSPS) is 11.1. The monoisotopic (exact) mass is 431 g/mol. The molecule has 2 aromatic carbocycles. The number of aromatic nitrogens is 2. The molecule has 152 valence electrons. The number of carbonyl (C=O) groups is 1. The van der Waals surface area contributed by atoms with Crippen LogP contribution >= 0.6 is 23.4 Å². The van der Waals surface area contributed by atoms with Crippen molar-refractivity contribution in [3.05, 3.63) is 57.8 Å². The molecule has 0 aliphatic rings. The van der Waals surface area contributed by atoms with Crippen LogP contribution in [-0.2, 0) is 11.3 Å². The molecule has 1 heterocycles. The molecule has 0 fully saturated rings. The molecule has 0 spiro atoms. The van der Waals surface area contributed by atoms with E-state index in [0.29, 0.717) is 39.1 Å². The summed E-state index contributed by atoms with van der Waals surface area (Å²) in [7, 11) is 1.53. The van der Waals surface area contributed by atoms with Gasteiger partial charge in [-0.15, -0.1) is 0 Å². The van der Waals surface area contributed by atoms with Crippen LogP contribution < -0.4 is 15.6 Å². The number of benzene rings is 2. The molecule has 3 aromatic rings. The number of fused-ring (bicyclic) bond motifs is 1. The van der Waals surface area contributed by atoms with Crippen molar-refractivity contribution in [2.24, 2.45) is 5.92 Å². The van der Waals surface area contributed by atoms with Crippen LogP contribution in [0.1, 0.15) is 13.8 Å². The molecule has 0 bridgehead atoms. The first-order valence-electron chi connectivity index (χ1n) is 9.14. The fourth-order valence-electron chi connectivity index (χ4n) is 2.86. The summed E-state index contributed by atoms with van der Waals surface area (Å²) >= 11 is 7.34. The van der Waals surface area contributed by atoms with Crippen molar-refractivity contribution in [2.45, 2.75) is 25.5 Å². The fourth-order valence-corrected chi connectivity index (χ4v) is 3.92. The second-order valence-electron chi connectivity index (χ2n) is 6.91. The smallest absolute Gasteiger partial charge is 0.262 e. The average Bonchev–Trinajstić information content (AvgIpc) is 2.69. The van der Waals surface area contributed by atoms with Crippen LogP contribution in [-0.4, -0.2) is 28.3 Å². The van der Waals surface area contributed by atoms with E-state index in [-0.39, 0.29) is 23.1 Å². The van der Waals surface area contributed by atoms with Gasteiger partial charge in [-0.1, -0.05) is 49.3 Å². The van der Waals surface area contributed by atoms with Crippen molar-refractivity contribution in [3.8, 4) is 5.75 Å². The number of amides is 1. The maximum atomic E-state index is 12.9. The molecule has 1 amide bonds. The third kappa shape index (κ3) is 5.10. The van der Waals surface area contributed by atoms with E-state index in [4.69, 9.17) is 16.3 Å². The third-order valence-electron chi connectivity index (χ3n) is 4.14. The molecule has 8 heteroatoms. The fraction of sp³-hybridized carbons (Fsp3) is 0.286. The van der Waals surface area contributed by atoms with Crippen molar-refractivity contribution in [1.29, 1.82) is 0 Å². The maximum absolute atomic E-state index is 12.9. The predicted molar refractivity (Wildman–Crippen MR) is 118 cm³/mol. The molecule has 1 N–H and O–H groups in total. The molecule has 1 aromatic heterocycles. The van der Waals surface area contributed by atoms with Crippen molar-refractivity contribution in [3.63, 3.8) is 0 Å². The predicted octanol–water partition coefficient (Wildman–Crippen LogP) is 4.45. The van der Waals surface area contributed by atoms with Gasteiger partial charge in [0.25, 0.3) is 5.56 Å². The van der Waals surface area contributed by atoms with E-state index in [1.807, 2.05) is 26.0 Å². The topological polar surface area (TPSA) is 73.2 Å².